The summed E-state index contributed by atoms with van der Waals surface area (Å²) in [5.74, 6) is 0.502. The molecule has 0 spiro atoms. The summed E-state index contributed by atoms with van der Waals surface area (Å²) in [6.07, 6.45) is 3.53. The SMILES string of the molecule is Cc1noc(C)c1S(=O)(=O)N1CCCC(C(=O)N(C2CC2)C(C)C(C)C)C1. The number of piperidine rings is 1. The van der Waals surface area contributed by atoms with Crippen LogP contribution in [0.25, 0.3) is 0 Å². The summed E-state index contributed by atoms with van der Waals surface area (Å²) in [6, 6.07) is 0.490. The zero-order chi connectivity index (χ0) is 19.9. The van der Waals surface area contributed by atoms with Crippen molar-refractivity contribution >= 4 is 15.9 Å². The molecular formula is C19H31N3O4S. The van der Waals surface area contributed by atoms with Crippen LogP contribution >= 0.6 is 0 Å². The molecule has 1 aliphatic heterocycles. The number of carbonyl (C=O) groups is 1. The largest absolute Gasteiger partial charge is 0.360 e. The van der Waals surface area contributed by atoms with Crippen molar-refractivity contribution < 1.29 is 17.7 Å². The van der Waals surface area contributed by atoms with E-state index in [2.05, 4.69) is 25.9 Å². The third kappa shape index (κ3) is 3.92. The Hall–Kier alpha value is -1.41. The number of aryl methyl sites for hydroxylation is 2. The van der Waals surface area contributed by atoms with Gasteiger partial charge in [-0.1, -0.05) is 19.0 Å². The summed E-state index contributed by atoms with van der Waals surface area (Å²) in [5, 5.41) is 3.78. The molecule has 1 aromatic rings. The van der Waals surface area contributed by atoms with E-state index in [1.807, 2.05) is 4.90 Å². The Morgan fingerprint density at radius 1 is 1.22 bits per heavy atom. The van der Waals surface area contributed by atoms with Crippen molar-refractivity contribution in [3.63, 3.8) is 0 Å². The number of nitrogens with zero attached hydrogens (tertiary/aromatic N) is 3. The lowest BCUT2D eigenvalue weighted by molar-refractivity contribution is -0.140. The van der Waals surface area contributed by atoms with E-state index in [4.69, 9.17) is 4.52 Å². The molecule has 7 nitrogen and oxygen atoms in total. The smallest absolute Gasteiger partial charge is 0.248 e. The van der Waals surface area contributed by atoms with E-state index in [1.54, 1.807) is 13.8 Å². The Morgan fingerprint density at radius 2 is 1.89 bits per heavy atom. The number of hydrogen-bond acceptors (Lipinski definition) is 5. The second kappa shape index (κ2) is 7.54. The minimum Gasteiger partial charge on any atom is -0.360 e. The first-order chi connectivity index (χ1) is 12.6. The van der Waals surface area contributed by atoms with Gasteiger partial charge < -0.3 is 9.42 Å². The highest BCUT2D eigenvalue weighted by molar-refractivity contribution is 7.89. The van der Waals surface area contributed by atoms with E-state index < -0.39 is 10.0 Å². The molecule has 1 saturated carbocycles. The van der Waals surface area contributed by atoms with Gasteiger partial charge in [-0.2, -0.15) is 4.31 Å². The molecule has 1 saturated heterocycles. The molecule has 0 N–H and O–H groups in total. The quantitative estimate of drug-likeness (QED) is 0.737. The molecule has 3 rings (SSSR count). The lowest BCUT2D eigenvalue weighted by Crippen LogP contribution is -2.51. The van der Waals surface area contributed by atoms with Crippen molar-refractivity contribution in [1.29, 1.82) is 0 Å². The molecule has 2 atom stereocenters. The van der Waals surface area contributed by atoms with Gasteiger partial charge in [0.15, 0.2) is 5.76 Å². The van der Waals surface area contributed by atoms with Crippen LogP contribution in [0.4, 0.5) is 0 Å². The maximum absolute atomic E-state index is 13.3. The second-order valence-electron chi connectivity index (χ2n) is 8.32. The van der Waals surface area contributed by atoms with E-state index in [-0.39, 0.29) is 29.3 Å². The van der Waals surface area contributed by atoms with Gasteiger partial charge in [0, 0.05) is 25.2 Å². The predicted molar refractivity (Wildman–Crippen MR) is 102 cm³/mol. The van der Waals surface area contributed by atoms with Gasteiger partial charge in [0.05, 0.1) is 5.92 Å². The van der Waals surface area contributed by atoms with E-state index >= 15 is 0 Å². The Kier molecular flexibility index (Phi) is 5.68. The van der Waals surface area contributed by atoms with Crippen LogP contribution in [0.15, 0.2) is 9.42 Å². The van der Waals surface area contributed by atoms with Gasteiger partial charge in [-0.05, 0) is 52.4 Å². The van der Waals surface area contributed by atoms with Gasteiger partial charge in [0.25, 0.3) is 0 Å². The summed E-state index contributed by atoms with van der Waals surface area (Å²) in [7, 11) is -3.71. The number of rotatable bonds is 6. The highest BCUT2D eigenvalue weighted by Gasteiger charge is 2.42. The van der Waals surface area contributed by atoms with Crippen LogP contribution < -0.4 is 0 Å². The minimum absolute atomic E-state index is 0.109. The van der Waals surface area contributed by atoms with Crippen molar-refractivity contribution in [1.82, 2.24) is 14.4 Å². The molecule has 2 heterocycles. The summed E-state index contributed by atoms with van der Waals surface area (Å²) in [6.45, 7) is 10.3. The summed E-state index contributed by atoms with van der Waals surface area (Å²) in [4.78, 5) is 15.5. The summed E-state index contributed by atoms with van der Waals surface area (Å²) in [5.41, 5.74) is 0.369. The molecule has 0 radical (unpaired) electrons. The summed E-state index contributed by atoms with van der Waals surface area (Å²) >= 11 is 0. The fraction of sp³-hybridized carbons (Fsp3) is 0.789. The molecule has 1 aromatic heterocycles. The molecule has 152 valence electrons. The monoisotopic (exact) mass is 397 g/mol. The zero-order valence-electron chi connectivity index (χ0n) is 16.9. The van der Waals surface area contributed by atoms with E-state index in [1.165, 1.54) is 4.31 Å². The fourth-order valence-corrected chi connectivity index (χ4v) is 5.75. The van der Waals surface area contributed by atoms with Crippen molar-refractivity contribution in [2.45, 2.75) is 77.3 Å². The molecule has 1 aliphatic carbocycles. The molecule has 27 heavy (non-hydrogen) atoms. The third-order valence-electron chi connectivity index (χ3n) is 5.90. The standard InChI is InChI=1S/C19H31N3O4S/c1-12(2)14(4)22(17-8-9-17)19(23)16-7-6-10-21(11-16)27(24,25)18-13(3)20-26-15(18)5/h12,14,16-17H,6-11H2,1-5H3. The first-order valence-electron chi connectivity index (χ1n) is 9.89. The average molecular weight is 398 g/mol. The van der Waals surface area contributed by atoms with Crippen molar-refractivity contribution in [3.8, 4) is 0 Å². The van der Waals surface area contributed by atoms with Crippen molar-refractivity contribution in [2.24, 2.45) is 11.8 Å². The van der Waals surface area contributed by atoms with Crippen LogP contribution in [0.3, 0.4) is 0 Å². The Bertz CT molecular complexity index is 778. The number of amides is 1. The third-order valence-corrected chi connectivity index (χ3v) is 8.01. The minimum atomic E-state index is -3.71. The molecule has 0 aromatic carbocycles. The van der Waals surface area contributed by atoms with Crippen LogP contribution in [-0.2, 0) is 14.8 Å². The number of aromatic nitrogens is 1. The van der Waals surface area contributed by atoms with Gasteiger partial charge in [0.2, 0.25) is 15.9 Å². The molecule has 8 heteroatoms. The molecule has 0 bridgehead atoms. The van der Waals surface area contributed by atoms with Gasteiger partial charge >= 0.3 is 0 Å². The van der Waals surface area contributed by atoms with Crippen molar-refractivity contribution in [2.75, 3.05) is 13.1 Å². The van der Waals surface area contributed by atoms with Crippen LogP contribution in [0.1, 0.15) is 57.9 Å². The molecular weight excluding hydrogens is 366 g/mol. The van der Waals surface area contributed by atoms with E-state index in [9.17, 15) is 13.2 Å². The fourth-order valence-electron chi connectivity index (χ4n) is 3.93. The van der Waals surface area contributed by atoms with Crippen LogP contribution in [-0.4, -0.2) is 53.9 Å². The predicted octanol–water partition coefficient (Wildman–Crippen LogP) is 2.73. The van der Waals surface area contributed by atoms with Crippen LogP contribution in [0.5, 0.6) is 0 Å². The van der Waals surface area contributed by atoms with Gasteiger partial charge in [-0.3, -0.25) is 4.79 Å². The molecule has 1 amide bonds. The Balaban J connectivity index is 1.80. The number of hydrogen-bond donors (Lipinski definition) is 0. The van der Waals surface area contributed by atoms with E-state index in [0.717, 1.165) is 19.3 Å². The topological polar surface area (TPSA) is 83.7 Å². The van der Waals surface area contributed by atoms with Crippen LogP contribution in [0, 0.1) is 25.7 Å². The Labute approximate surface area is 162 Å². The lowest BCUT2D eigenvalue weighted by Gasteiger charge is -2.38. The normalized spacial score (nSPS) is 22.8. The van der Waals surface area contributed by atoms with Crippen molar-refractivity contribution in [3.05, 3.63) is 11.5 Å². The zero-order valence-corrected chi connectivity index (χ0v) is 17.8. The second-order valence-corrected chi connectivity index (χ2v) is 10.2. The number of sulfonamides is 1. The lowest BCUT2D eigenvalue weighted by atomic mass is 9.95. The summed E-state index contributed by atoms with van der Waals surface area (Å²) < 4.78 is 32.7. The highest BCUT2D eigenvalue weighted by atomic mass is 32.2. The maximum atomic E-state index is 13.3. The Morgan fingerprint density at radius 3 is 2.41 bits per heavy atom. The molecule has 2 unspecified atom stereocenters. The van der Waals surface area contributed by atoms with Gasteiger partial charge in [-0.15, -0.1) is 0 Å². The van der Waals surface area contributed by atoms with E-state index in [0.29, 0.717) is 36.4 Å². The maximum Gasteiger partial charge on any atom is 0.248 e. The first kappa shape index (κ1) is 20.3. The highest BCUT2D eigenvalue weighted by Crippen LogP contribution is 2.34. The number of carbonyl (C=O) groups excluding carboxylic acids is 1. The molecule has 2 aliphatic rings. The average Bonchev–Trinajstić information content (AvgIpc) is 3.39. The van der Waals surface area contributed by atoms with Crippen LogP contribution in [0.2, 0.25) is 0 Å². The van der Waals surface area contributed by atoms with Gasteiger partial charge in [-0.25, -0.2) is 8.42 Å². The molecule has 2 fully saturated rings. The first-order valence-corrected chi connectivity index (χ1v) is 11.3. The van der Waals surface area contributed by atoms with Gasteiger partial charge in [0.1, 0.15) is 10.6 Å².